The Bertz CT molecular complexity index is 4780. The van der Waals surface area contributed by atoms with Crippen molar-refractivity contribution in [3.63, 3.8) is 0 Å². The number of hydrogen-bond acceptors (Lipinski definition) is 1. The van der Waals surface area contributed by atoms with Crippen molar-refractivity contribution in [1.82, 2.24) is 0 Å². The minimum Gasteiger partial charge on any atom is -0.456 e. The first-order valence-electron chi connectivity index (χ1n) is 29.7. The molecule has 1 aromatic heterocycles. The second kappa shape index (κ2) is 10.9. The summed E-state index contributed by atoms with van der Waals surface area (Å²) in [6.07, 6.45) is 0. The molecule has 0 radical (unpaired) electrons. The van der Waals surface area contributed by atoms with Gasteiger partial charge in [-0.2, -0.15) is 0 Å². The average Bonchev–Trinajstić information content (AvgIpc) is 3.09. The lowest BCUT2D eigenvalue weighted by Gasteiger charge is -2.20. The van der Waals surface area contributed by atoms with Crippen molar-refractivity contribution in [2.24, 2.45) is 0 Å². The molecule has 0 aliphatic heterocycles. The molecule has 11 rings (SSSR count). The molecule has 0 fully saturated rings. The van der Waals surface area contributed by atoms with Gasteiger partial charge in [-0.3, -0.25) is 0 Å². The van der Waals surface area contributed by atoms with Crippen molar-refractivity contribution in [3.05, 3.63) is 181 Å². The Morgan fingerprint density at radius 1 is 0.294 bits per heavy atom. The molecule has 0 amide bonds. The summed E-state index contributed by atoms with van der Waals surface area (Å²) in [5.41, 5.74) is -5.61. The molecule has 10 aromatic carbocycles. The Balaban J connectivity index is 1.47. The first-order valence-corrected chi connectivity index (χ1v) is 15.2. The SMILES string of the molecule is [2H]c1cc2c(c([2H])c1[2H])c([2H])c([2H])c1oc3c([2H])c([2H])c([2H])c(-c4c([2H])c([2H])c([2H])c5c(-c6c7c([2H])c([2H])c([2H])c([2H])c7c(-c7c([2H])c([2H])c([2H])c8c([2H])c([2H])c([2H])c([2H])c78)c7c([2H])c([2H])c([2H])c([2H])c67)c([2H])c([2H])c([2H])c45)c3c12. The van der Waals surface area contributed by atoms with Crippen LogP contribution in [0, 0.1) is 0 Å². The van der Waals surface area contributed by atoms with Crippen LogP contribution in [0.1, 0.15) is 39.8 Å². The summed E-state index contributed by atoms with van der Waals surface area (Å²) < 4.78 is 271. The third kappa shape index (κ3) is 4.09. The fourth-order valence-electron chi connectivity index (χ4n) is 6.70. The van der Waals surface area contributed by atoms with Gasteiger partial charge >= 0.3 is 0 Å². The summed E-state index contributed by atoms with van der Waals surface area (Å²) in [4.78, 5) is 0. The monoisotopic (exact) mass is 675 g/mol. The molecular formula is C50H30O. The summed E-state index contributed by atoms with van der Waals surface area (Å²) in [5.74, 6) is 0. The normalized spacial score (nSPS) is 19.9. The van der Waals surface area contributed by atoms with Crippen molar-refractivity contribution in [1.29, 1.82) is 0 Å². The van der Waals surface area contributed by atoms with Gasteiger partial charge in [0.05, 0.1) is 39.8 Å². The van der Waals surface area contributed by atoms with Crippen molar-refractivity contribution in [3.8, 4) is 33.4 Å². The van der Waals surface area contributed by atoms with Crippen LogP contribution in [0.5, 0.6) is 0 Å². The van der Waals surface area contributed by atoms with Crippen LogP contribution < -0.4 is 0 Å². The maximum absolute atomic E-state index is 9.72. The fraction of sp³-hybridized carbons (Fsp3) is 0. The highest BCUT2D eigenvalue weighted by molar-refractivity contribution is 6.27. The van der Waals surface area contributed by atoms with Crippen LogP contribution in [-0.4, -0.2) is 0 Å². The molecule has 11 aromatic rings. The Labute approximate surface area is 335 Å². The lowest BCUT2D eigenvalue weighted by molar-refractivity contribution is 0.669. The maximum Gasteiger partial charge on any atom is 0.136 e. The number of rotatable bonds is 3. The van der Waals surface area contributed by atoms with E-state index >= 15 is 0 Å². The molecule has 51 heavy (non-hydrogen) atoms. The molecule has 0 atom stereocenters. The molecule has 0 N–H and O–H groups in total. The van der Waals surface area contributed by atoms with Gasteiger partial charge in [-0.05, 0) is 99.3 Å². The Morgan fingerprint density at radius 2 is 0.745 bits per heavy atom. The van der Waals surface area contributed by atoms with E-state index in [1.54, 1.807) is 0 Å². The number of furan rings is 1. The lowest BCUT2D eigenvalue weighted by atomic mass is 9.83. The topological polar surface area (TPSA) is 13.1 Å². The highest BCUT2D eigenvalue weighted by atomic mass is 16.3. The van der Waals surface area contributed by atoms with Gasteiger partial charge in [0, 0.05) is 10.8 Å². The number of fused-ring (bicyclic) bond motifs is 9. The van der Waals surface area contributed by atoms with Crippen LogP contribution in [0.15, 0.2) is 186 Å². The first kappa shape index (κ1) is 12.0. The van der Waals surface area contributed by atoms with Crippen molar-refractivity contribution in [2.45, 2.75) is 0 Å². The quantitative estimate of drug-likeness (QED) is 0.170. The molecule has 1 nitrogen and oxygen atoms in total. The van der Waals surface area contributed by atoms with Gasteiger partial charge in [-0.15, -0.1) is 0 Å². The van der Waals surface area contributed by atoms with Crippen LogP contribution in [-0.2, 0) is 0 Å². The van der Waals surface area contributed by atoms with E-state index < -0.39 is 268 Å². The van der Waals surface area contributed by atoms with E-state index in [-0.39, 0.29) is 16.2 Å². The highest BCUT2D eigenvalue weighted by Crippen LogP contribution is 2.48. The number of benzene rings is 10. The van der Waals surface area contributed by atoms with Crippen LogP contribution in [0.2, 0.25) is 0 Å². The molecule has 0 bridgehead atoms. The molecule has 1 heterocycles. The van der Waals surface area contributed by atoms with E-state index in [1.807, 2.05) is 0 Å². The number of hydrogen-bond donors (Lipinski definition) is 0. The molecule has 0 saturated heterocycles. The largest absolute Gasteiger partial charge is 0.456 e. The minimum atomic E-state index is -1.10. The van der Waals surface area contributed by atoms with E-state index in [4.69, 9.17) is 27.7 Å². The second-order valence-corrected chi connectivity index (χ2v) is 11.3. The summed E-state index contributed by atoms with van der Waals surface area (Å²) in [7, 11) is 0. The van der Waals surface area contributed by atoms with E-state index in [0.29, 0.717) is 0 Å². The van der Waals surface area contributed by atoms with Gasteiger partial charge in [-0.25, -0.2) is 0 Å². The second-order valence-electron chi connectivity index (χ2n) is 11.3. The van der Waals surface area contributed by atoms with E-state index in [0.717, 1.165) is 6.07 Å². The summed E-state index contributed by atoms with van der Waals surface area (Å²) in [5, 5.41) is -7.32. The van der Waals surface area contributed by atoms with Gasteiger partial charge < -0.3 is 4.42 Å². The van der Waals surface area contributed by atoms with Crippen LogP contribution in [0.3, 0.4) is 0 Å². The standard InChI is InChI=1S/C50H30O/c1-3-16-33-31(13-1)15-9-25-38(33)47-41-18-5-7-20-43(41)48(44-21-8-6-19-42(44)47)39-26-11-22-35-36(39)23-10-24-37(35)40-27-12-28-45-50(40)49-34-17-4-2-14-32(34)29-30-46(49)51-45/h1-30H/i1D,2D,3D,4D,5D,6D,7D,8D,9D,10D,11D,12D,13D,14D,15D,16D,18D,19D,20D,21D,22D,23D,24D,25D,26D,27D,28D,29D,30D. The predicted octanol–water partition coefficient (Wildman–Crippen LogP) is 14.4. The fourth-order valence-corrected chi connectivity index (χ4v) is 6.70. The van der Waals surface area contributed by atoms with Crippen LogP contribution >= 0.6 is 0 Å². The zero-order valence-electron chi connectivity index (χ0n) is 54.5. The van der Waals surface area contributed by atoms with Crippen molar-refractivity contribution < 1.29 is 44.2 Å². The van der Waals surface area contributed by atoms with E-state index in [9.17, 15) is 16.4 Å². The van der Waals surface area contributed by atoms with Crippen molar-refractivity contribution in [2.75, 3.05) is 0 Å². The summed E-state index contributed by atoms with van der Waals surface area (Å²) in [6, 6.07) is -25.9. The van der Waals surface area contributed by atoms with Crippen LogP contribution in [0.4, 0.5) is 0 Å². The van der Waals surface area contributed by atoms with Crippen molar-refractivity contribution >= 4 is 75.8 Å². The predicted molar refractivity (Wildman–Crippen MR) is 218 cm³/mol. The summed E-state index contributed by atoms with van der Waals surface area (Å²) >= 11 is 0. The Hall–Kier alpha value is -6.70. The smallest absolute Gasteiger partial charge is 0.136 e. The van der Waals surface area contributed by atoms with Crippen LogP contribution in [0.25, 0.3) is 109 Å². The third-order valence-electron chi connectivity index (χ3n) is 8.78. The zero-order valence-corrected chi connectivity index (χ0v) is 25.5. The van der Waals surface area contributed by atoms with Gasteiger partial charge in [0.25, 0.3) is 0 Å². The lowest BCUT2D eigenvalue weighted by Crippen LogP contribution is -1.92. The van der Waals surface area contributed by atoms with Gasteiger partial charge in [0.15, 0.2) is 0 Å². The molecule has 1 heteroatoms. The summed E-state index contributed by atoms with van der Waals surface area (Å²) in [6.45, 7) is 0. The molecule has 0 saturated carbocycles. The molecule has 0 unspecified atom stereocenters. The maximum atomic E-state index is 9.72. The Morgan fingerprint density at radius 3 is 1.45 bits per heavy atom. The Kier molecular flexibility index (Phi) is 2.56. The average molecular weight is 676 g/mol. The molecular weight excluding hydrogens is 617 g/mol. The highest BCUT2D eigenvalue weighted by Gasteiger charge is 2.21. The molecule has 0 aliphatic rings. The minimum absolute atomic E-state index is 0.209. The first-order chi connectivity index (χ1) is 37.4. The van der Waals surface area contributed by atoms with Gasteiger partial charge in [0.2, 0.25) is 0 Å². The van der Waals surface area contributed by atoms with E-state index in [1.165, 1.54) is 0 Å². The van der Waals surface area contributed by atoms with Gasteiger partial charge in [0.1, 0.15) is 11.2 Å². The molecule has 236 valence electrons. The third-order valence-corrected chi connectivity index (χ3v) is 8.78. The van der Waals surface area contributed by atoms with E-state index in [2.05, 4.69) is 0 Å². The molecule has 0 spiro atoms. The molecule has 0 aliphatic carbocycles. The zero-order chi connectivity index (χ0) is 58.7. The van der Waals surface area contributed by atoms with Gasteiger partial charge in [-0.1, -0.05) is 169 Å².